The maximum Gasteiger partial charge on any atom is 0.306 e. The summed E-state index contributed by atoms with van der Waals surface area (Å²) in [6, 6.07) is 0. The molecule has 0 saturated heterocycles. The summed E-state index contributed by atoms with van der Waals surface area (Å²) >= 11 is 0. The van der Waals surface area contributed by atoms with Crippen molar-refractivity contribution in [2.24, 2.45) is 39.9 Å². The van der Waals surface area contributed by atoms with Crippen LogP contribution in [0.5, 0.6) is 0 Å². The topological polar surface area (TPSA) is 110 Å². The lowest BCUT2D eigenvalue weighted by Gasteiger charge is -2.61. The molecule has 0 spiro atoms. The lowest BCUT2D eigenvalue weighted by atomic mass is 9.45. The molecule has 0 heterocycles. The fourth-order valence-corrected chi connectivity index (χ4v) is 9.25. The summed E-state index contributed by atoms with van der Waals surface area (Å²) < 4.78 is 11.9. The van der Waals surface area contributed by atoms with Gasteiger partial charge >= 0.3 is 17.9 Å². The average Bonchev–Trinajstić information content (AvgIpc) is 3.08. The van der Waals surface area contributed by atoms with Crippen LogP contribution in [0.4, 0.5) is 0 Å². The molecule has 0 radical (unpaired) electrons. The highest BCUT2D eigenvalue weighted by molar-refractivity contribution is 5.71. The lowest BCUT2D eigenvalue weighted by Crippen LogP contribution is -2.61. The van der Waals surface area contributed by atoms with Crippen molar-refractivity contribution in [3.05, 3.63) is 35.5 Å². The van der Waals surface area contributed by atoms with E-state index in [0.717, 1.165) is 23.1 Å². The molecule has 2 fully saturated rings. The molecule has 0 bridgehead atoms. The van der Waals surface area contributed by atoms with E-state index in [1.165, 1.54) is 13.8 Å². The largest absolute Gasteiger partial charge is 0.481 e. The predicted octanol–water partition coefficient (Wildman–Crippen LogP) is 6.40. The zero-order valence-corrected chi connectivity index (χ0v) is 26.2. The number of hydrogen-bond donors (Lipinski definition) is 2. The van der Waals surface area contributed by atoms with Crippen LogP contribution in [0, 0.1) is 39.9 Å². The van der Waals surface area contributed by atoms with Crippen LogP contribution in [0.2, 0.25) is 0 Å². The third-order valence-corrected chi connectivity index (χ3v) is 12.0. The standard InChI is InChI=1S/C34H50O7/c1-19(2)20(3)10-11-23(30(38)39)26-18-29(40-21(4)35)33(8)25-12-13-27-31(6,24(25)14-17-32(26,33)7)16-15-28(37)34(27,9)41-22(5)36/h12,14,19,23,26-29,37H,3,10-11,13,15-18H2,1-2,4-9H3,(H,38,39). The van der Waals surface area contributed by atoms with Crippen LogP contribution in [0.1, 0.15) is 100 Å². The van der Waals surface area contributed by atoms with Gasteiger partial charge < -0.3 is 19.7 Å². The van der Waals surface area contributed by atoms with Gasteiger partial charge in [-0.15, -0.1) is 0 Å². The summed E-state index contributed by atoms with van der Waals surface area (Å²) in [5.41, 5.74) is 0.892. The number of carboxylic acids is 1. The van der Waals surface area contributed by atoms with Gasteiger partial charge in [-0.05, 0) is 85.7 Å². The normalized spacial score (nSPS) is 40.3. The first-order valence-corrected chi connectivity index (χ1v) is 15.3. The number of aliphatic carboxylic acids is 1. The third-order valence-electron chi connectivity index (χ3n) is 12.0. The fourth-order valence-electron chi connectivity index (χ4n) is 9.25. The first-order chi connectivity index (χ1) is 18.9. The number of hydrogen-bond acceptors (Lipinski definition) is 6. The van der Waals surface area contributed by atoms with E-state index in [4.69, 9.17) is 9.47 Å². The third kappa shape index (κ3) is 4.80. The Hall–Kier alpha value is -2.41. The Labute approximate surface area is 245 Å². The van der Waals surface area contributed by atoms with Gasteiger partial charge in [0, 0.05) is 25.2 Å². The van der Waals surface area contributed by atoms with Crippen LogP contribution in [0.3, 0.4) is 0 Å². The van der Waals surface area contributed by atoms with Gasteiger partial charge in [0.25, 0.3) is 0 Å². The molecule has 7 nitrogen and oxygen atoms in total. The number of ether oxygens (including phenoxy) is 2. The smallest absolute Gasteiger partial charge is 0.306 e. The minimum atomic E-state index is -1.02. The van der Waals surface area contributed by atoms with Gasteiger partial charge in [0.1, 0.15) is 11.7 Å². The number of esters is 2. The van der Waals surface area contributed by atoms with Gasteiger partial charge in [-0.1, -0.05) is 58.9 Å². The number of aliphatic hydroxyl groups is 1. The zero-order valence-electron chi connectivity index (χ0n) is 26.2. The molecule has 7 heteroatoms. The van der Waals surface area contributed by atoms with E-state index in [0.29, 0.717) is 38.5 Å². The molecule has 228 valence electrons. The van der Waals surface area contributed by atoms with Crippen LogP contribution < -0.4 is 0 Å². The Morgan fingerprint density at radius 2 is 1.73 bits per heavy atom. The van der Waals surface area contributed by atoms with Crippen LogP contribution in [-0.4, -0.2) is 45.9 Å². The van der Waals surface area contributed by atoms with Crippen molar-refractivity contribution in [1.82, 2.24) is 0 Å². The zero-order chi connectivity index (χ0) is 30.7. The van der Waals surface area contributed by atoms with Crippen molar-refractivity contribution in [2.45, 2.75) is 118 Å². The molecule has 9 atom stereocenters. The summed E-state index contributed by atoms with van der Waals surface area (Å²) in [7, 11) is 0. The Kier molecular flexibility index (Phi) is 8.22. The minimum absolute atomic E-state index is 0.121. The molecule has 0 aromatic heterocycles. The van der Waals surface area contributed by atoms with Crippen molar-refractivity contribution >= 4 is 17.9 Å². The SMILES string of the molecule is C=C(CCC(C(=O)O)C1CC(OC(C)=O)C2(C)C3=CCC4C(C)(CCC(O)C4(C)OC(C)=O)C3=CCC12C)C(C)C. The molecule has 4 aliphatic carbocycles. The Morgan fingerprint density at radius 3 is 2.29 bits per heavy atom. The highest BCUT2D eigenvalue weighted by Gasteiger charge is 2.69. The van der Waals surface area contributed by atoms with Crippen molar-refractivity contribution in [1.29, 1.82) is 0 Å². The quantitative estimate of drug-likeness (QED) is 0.257. The van der Waals surface area contributed by atoms with E-state index in [-0.39, 0.29) is 29.1 Å². The second-order valence-corrected chi connectivity index (χ2v) is 14.3. The van der Waals surface area contributed by atoms with E-state index in [1.807, 2.05) is 6.92 Å². The molecule has 0 aromatic rings. The number of rotatable bonds is 8. The van der Waals surface area contributed by atoms with E-state index >= 15 is 0 Å². The number of carbonyl (C=O) groups excluding carboxylic acids is 2. The lowest BCUT2D eigenvalue weighted by molar-refractivity contribution is -0.200. The summed E-state index contributed by atoms with van der Waals surface area (Å²) in [5.74, 6) is -2.20. The van der Waals surface area contributed by atoms with Gasteiger partial charge in [-0.2, -0.15) is 0 Å². The highest BCUT2D eigenvalue weighted by atomic mass is 16.6. The molecule has 0 aliphatic heterocycles. The Balaban J connectivity index is 1.81. The molecule has 0 aromatic carbocycles. The molecule has 41 heavy (non-hydrogen) atoms. The van der Waals surface area contributed by atoms with Gasteiger partial charge in [-0.25, -0.2) is 0 Å². The monoisotopic (exact) mass is 570 g/mol. The number of carbonyl (C=O) groups is 3. The molecule has 4 aliphatic rings. The minimum Gasteiger partial charge on any atom is -0.481 e. The van der Waals surface area contributed by atoms with E-state index < -0.39 is 46.5 Å². The highest BCUT2D eigenvalue weighted by Crippen LogP contribution is 2.72. The summed E-state index contributed by atoms with van der Waals surface area (Å²) in [4.78, 5) is 37.4. The summed E-state index contributed by atoms with van der Waals surface area (Å²) in [6.07, 6.45) is 7.40. The number of fused-ring (bicyclic) bond motifs is 5. The Bertz CT molecular complexity index is 1180. The first kappa shape index (κ1) is 31.5. The summed E-state index contributed by atoms with van der Waals surface area (Å²) in [6.45, 7) is 19.6. The van der Waals surface area contributed by atoms with Crippen molar-refractivity contribution in [3.63, 3.8) is 0 Å². The second kappa shape index (κ2) is 10.7. The van der Waals surface area contributed by atoms with Gasteiger partial charge in [0.2, 0.25) is 0 Å². The van der Waals surface area contributed by atoms with E-state index in [9.17, 15) is 24.6 Å². The second-order valence-electron chi connectivity index (χ2n) is 14.3. The van der Waals surface area contributed by atoms with E-state index in [1.54, 1.807) is 0 Å². The molecule has 0 amide bonds. The first-order valence-electron chi connectivity index (χ1n) is 15.3. The van der Waals surface area contributed by atoms with Gasteiger partial charge in [0.05, 0.1) is 12.0 Å². The van der Waals surface area contributed by atoms with Crippen LogP contribution in [-0.2, 0) is 23.9 Å². The Morgan fingerprint density at radius 1 is 1.07 bits per heavy atom. The molecule has 4 rings (SSSR count). The van der Waals surface area contributed by atoms with Crippen molar-refractivity contribution in [2.75, 3.05) is 0 Å². The molecule has 9 unspecified atom stereocenters. The number of aliphatic hydroxyl groups excluding tert-OH is 1. The number of allylic oxidation sites excluding steroid dienone is 4. The molecule has 2 saturated carbocycles. The molecular weight excluding hydrogens is 520 g/mol. The van der Waals surface area contributed by atoms with Gasteiger partial charge in [-0.3, -0.25) is 14.4 Å². The van der Waals surface area contributed by atoms with Crippen LogP contribution >= 0.6 is 0 Å². The summed E-state index contributed by atoms with van der Waals surface area (Å²) in [5, 5.41) is 21.5. The molecule has 2 N–H and O–H groups in total. The van der Waals surface area contributed by atoms with Crippen LogP contribution in [0.15, 0.2) is 35.5 Å². The number of carboxylic acid groups (broad SMARTS) is 1. The average molecular weight is 571 g/mol. The predicted molar refractivity (Wildman–Crippen MR) is 157 cm³/mol. The maximum atomic E-state index is 12.8. The van der Waals surface area contributed by atoms with Crippen molar-refractivity contribution in [3.8, 4) is 0 Å². The van der Waals surface area contributed by atoms with Gasteiger partial charge in [0.15, 0.2) is 0 Å². The van der Waals surface area contributed by atoms with Crippen molar-refractivity contribution < 1.29 is 34.1 Å². The fraction of sp³-hybridized carbons (Fsp3) is 0.735. The van der Waals surface area contributed by atoms with Crippen LogP contribution in [0.25, 0.3) is 0 Å². The van der Waals surface area contributed by atoms with E-state index in [2.05, 4.69) is 53.3 Å². The maximum absolute atomic E-state index is 12.8. The molecular formula is C34H50O7.